The van der Waals surface area contributed by atoms with Gasteiger partial charge in [0.25, 0.3) is 0 Å². The quantitative estimate of drug-likeness (QED) is 0.778. The fourth-order valence-corrected chi connectivity index (χ4v) is 2.27. The van der Waals surface area contributed by atoms with Crippen LogP contribution in [-0.4, -0.2) is 15.9 Å². The summed E-state index contributed by atoms with van der Waals surface area (Å²) in [7, 11) is 0. The molecule has 5 heteroatoms. The Morgan fingerprint density at radius 3 is 2.71 bits per heavy atom. The smallest absolute Gasteiger partial charge is 0.224 e. The summed E-state index contributed by atoms with van der Waals surface area (Å²) in [5, 5.41) is 3.59. The Bertz CT molecular complexity index is 765. The molecule has 0 saturated carbocycles. The number of hydrogen-bond acceptors (Lipinski definition) is 2. The normalized spacial score (nSPS) is 10.7. The van der Waals surface area contributed by atoms with E-state index in [9.17, 15) is 4.79 Å². The Hall–Kier alpha value is -2.33. The molecule has 0 aliphatic heterocycles. The number of nitrogens with zero attached hydrogens (tertiary/aromatic N) is 1. The highest BCUT2D eigenvalue weighted by atomic mass is 35.5. The van der Waals surface area contributed by atoms with E-state index in [-0.39, 0.29) is 5.91 Å². The third kappa shape index (κ3) is 3.41. The summed E-state index contributed by atoms with van der Waals surface area (Å²) < 4.78 is 0. The van der Waals surface area contributed by atoms with Crippen LogP contribution in [0.4, 0.5) is 0 Å². The van der Waals surface area contributed by atoms with Gasteiger partial charge in [-0.15, -0.1) is 0 Å². The Balaban J connectivity index is 1.59. The van der Waals surface area contributed by atoms with Crippen molar-refractivity contribution in [2.24, 2.45) is 0 Å². The van der Waals surface area contributed by atoms with E-state index < -0.39 is 0 Å². The number of fused-ring (bicyclic) bond motifs is 1. The molecule has 2 N–H and O–H groups in total. The van der Waals surface area contributed by atoms with Crippen LogP contribution in [-0.2, 0) is 17.8 Å². The van der Waals surface area contributed by atoms with Crippen LogP contribution in [0, 0.1) is 0 Å². The molecule has 0 saturated heterocycles. The monoisotopic (exact) mass is 299 g/mol. The van der Waals surface area contributed by atoms with Crippen molar-refractivity contribution in [1.82, 2.24) is 15.3 Å². The summed E-state index contributed by atoms with van der Waals surface area (Å²) in [6, 6.07) is 13.2. The maximum absolute atomic E-state index is 12.0. The number of aromatic amines is 1. The molecule has 0 fully saturated rings. The van der Waals surface area contributed by atoms with E-state index >= 15 is 0 Å². The summed E-state index contributed by atoms with van der Waals surface area (Å²) >= 11 is 5.82. The molecule has 21 heavy (non-hydrogen) atoms. The van der Waals surface area contributed by atoms with E-state index in [2.05, 4.69) is 15.3 Å². The molecule has 0 atom stereocenters. The SMILES string of the molecule is O=C(Cc1ccc2nc[nH]c2c1)NCc1ccc(Cl)cc1. The lowest BCUT2D eigenvalue weighted by Gasteiger charge is -2.06. The molecule has 0 aliphatic carbocycles. The van der Waals surface area contributed by atoms with Gasteiger partial charge in [-0.05, 0) is 35.4 Å². The maximum atomic E-state index is 12.0. The number of carbonyl (C=O) groups excluding carboxylic acids is 1. The average Bonchev–Trinajstić information content (AvgIpc) is 2.94. The van der Waals surface area contributed by atoms with Crippen molar-refractivity contribution in [1.29, 1.82) is 0 Å². The first kappa shape index (κ1) is 13.6. The van der Waals surface area contributed by atoms with Gasteiger partial charge in [0.1, 0.15) is 0 Å². The highest BCUT2D eigenvalue weighted by molar-refractivity contribution is 6.30. The van der Waals surface area contributed by atoms with Crippen molar-refractivity contribution in [3.05, 3.63) is 64.9 Å². The largest absolute Gasteiger partial charge is 0.352 e. The fraction of sp³-hybridized carbons (Fsp3) is 0.125. The third-order valence-corrected chi connectivity index (χ3v) is 3.50. The third-order valence-electron chi connectivity index (χ3n) is 3.25. The average molecular weight is 300 g/mol. The van der Waals surface area contributed by atoms with Gasteiger partial charge in [0, 0.05) is 11.6 Å². The first-order chi connectivity index (χ1) is 10.2. The number of H-pyrrole nitrogens is 1. The first-order valence-electron chi connectivity index (χ1n) is 6.64. The second-order valence-electron chi connectivity index (χ2n) is 4.83. The number of halogens is 1. The molecular formula is C16H14ClN3O. The zero-order valence-electron chi connectivity index (χ0n) is 11.3. The van der Waals surface area contributed by atoms with Crippen LogP contribution in [0.5, 0.6) is 0 Å². The molecule has 0 radical (unpaired) electrons. The second kappa shape index (κ2) is 5.97. The lowest BCUT2D eigenvalue weighted by Crippen LogP contribution is -2.24. The minimum absolute atomic E-state index is 0.0104. The molecular weight excluding hydrogens is 286 g/mol. The Labute approximate surface area is 127 Å². The topological polar surface area (TPSA) is 57.8 Å². The van der Waals surface area contributed by atoms with Crippen molar-refractivity contribution in [3.63, 3.8) is 0 Å². The molecule has 2 aromatic carbocycles. The van der Waals surface area contributed by atoms with Crippen molar-refractivity contribution in [3.8, 4) is 0 Å². The van der Waals surface area contributed by atoms with E-state index in [4.69, 9.17) is 11.6 Å². The zero-order valence-corrected chi connectivity index (χ0v) is 12.0. The highest BCUT2D eigenvalue weighted by Gasteiger charge is 2.05. The molecule has 0 bridgehead atoms. The molecule has 1 amide bonds. The number of carbonyl (C=O) groups is 1. The van der Waals surface area contributed by atoms with Gasteiger partial charge in [-0.25, -0.2) is 4.98 Å². The predicted molar refractivity (Wildman–Crippen MR) is 83.1 cm³/mol. The zero-order chi connectivity index (χ0) is 14.7. The molecule has 3 aromatic rings. The molecule has 0 unspecified atom stereocenters. The van der Waals surface area contributed by atoms with Gasteiger partial charge in [-0.3, -0.25) is 4.79 Å². The minimum atomic E-state index is -0.0104. The molecule has 3 rings (SSSR count). The molecule has 0 aliphatic rings. The van der Waals surface area contributed by atoms with Gasteiger partial charge < -0.3 is 10.3 Å². The Kier molecular flexibility index (Phi) is 3.88. The van der Waals surface area contributed by atoms with Crippen LogP contribution < -0.4 is 5.32 Å². The number of nitrogens with one attached hydrogen (secondary N) is 2. The summed E-state index contributed by atoms with van der Waals surface area (Å²) in [6.07, 6.45) is 2.00. The molecule has 1 heterocycles. The van der Waals surface area contributed by atoms with Gasteiger partial charge in [0.15, 0.2) is 0 Å². The number of amides is 1. The van der Waals surface area contributed by atoms with Gasteiger partial charge >= 0.3 is 0 Å². The van der Waals surface area contributed by atoms with Crippen molar-refractivity contribution >= 4 is 28.5 Å². The van der Waals surface area contributed by atoms with Crippen LogP contribution in [0.3, 0.4) is 0 Å². The predicted octanol–water partition coefficient (Wildman–Crippen LogP) is 3.08. The number of rotatable bonds is 4. The summed E-state index contributed by atoms with van der Waals surface area (Å²) in [6.45, 7) is 0.502. The summed E-state index contributed by atoms with van der Waals surface area (Å²) in [4.78, 5) is 19.2. The Morgan fingerprint density at radius 1 is 1.14 bits per heavy atom. The second-order valence-corrected chi connectivity index (χ2v) is 5.27. The number of imidazole rings is 1. The van der Waals surface area contributed by atoms with Crippen LogP contribution in [0.25, 0.3) is 11.0 Å². The number of hydrogen-bond donors (Lipinski definition) is 2. The van der Waals surface area contributed by atoms with Crippen molar-refractivity contribution < 1.29 is 4.79 Å². The van der Waals surface area contributed by atoms with Crippen LogP contribution in [0.2, 0.25) is 5.02 Å². The van der Waals surface area contributed by atoms with Crippen LogP contribution in [0.15, 0.2) is 48.8 Å². The number of benzene rings is 2. The Morgan fingerprint density at radius 2 is 1.90 bits per heavy atom. The molecule has 106 valence electrons. The maximum Gasteiger partial charge on any atom is 0.224 e. The summed E-state index contributed by atoms with van der Waals surface area (Å²) in [5.74, 6) is -0.0104. The van der Waals surface area contributed by atoms with Gasteiger partial charge in [-0.2, -0.15) is 0 Å². The lowest BCUT2D eigenvalue weighted by atomic mass is 10.1. The van der Waals surface area contributed by atoms with Crippen LogP contribution >= 0.6 is 11.6 Å². The van der Waals surface area contributed by atoms with E-state index in [0.717, 1.165) is 22.2 Å². The number of aromatic nitrogens is 2. The fourth-order valence-electron chi connectivity index (χ4n) is 2.14. The highest BCUT2D eigenvalue weighted by Crippen LogP contribution is 2.12. The minimum Gasteiger partial charge on any atom is -0.352 e. The molecule has 1 aromatic heterocycles. The molecule has 4 nitrogen and oxygen atoms in total. The van der Waals surface area contributed by atoms with E-state index in [0.29, 0.717) is 18.0 Å². The van der Waals surface area contributed by atoms with Crippen molar-refractivity contribution in [2.45, 2.75) is 13.0 Å². The van der Waals surface area contributed by atoms with E-state index in [1.807, 2.05) is 42.5 Å². The first-order valence-corrected chi connectivity index (χ1v) is 7.02. The van der Waals surface area contributed by atoms with E-state index in [1.54, 1.807) is 6.33 Å². The van der Waals surface area contributed by atoms with E-state index in [1.165, 1.54) is 0 Å². The summed E-state index contributed by atoms with van der Waals surface area (Å²) in [5.41, 5.74) is 3.83. The van der Waals surface area contributed by atoms with Crippen LogP contribution in [0.1, 0.15) is 11.1 Å². The standard InChI is InChI=1S/C16H14ClN3O/c17-13-4-1-11(2-5-13)9-18-16(21)8-12-3-6-14-15(7-12)20-10-19-14/h1-7,10H,8-9H2,(H,18,21)(H,19,20). The van der Waals surface area contributed by atoms with Gasteiger partial charge in [-0.1, -0.05) is 29.8 Å². The molecule has 0 spiro atoms. The lowest BCUT2D eigenvalue weighted by molar-refractivity contribution is -0.120. The van der Waals surface area contributed by atoms with Gasteiger partial charge in [0.2, 0.25) is 5.91 Å². The van der Waals surface area contributed by atoms with Crippen molar-refractivity contribution in [2.75, 3.05) is 0 Å². The van der Waals surface area contributed by atoms with Gasteiger partial charge in [0.05, 0.1) is 23.8 Å².